The Morgan fingerprint density at radius 3 is 2.40 bits per heavy atom. The van der Waals surface area contributed by atoms with Gasteiger partial charge in [0.2, 0.25) is 0 Å². The summed E-state index contributed by atoms with van der Waals surface area (Å²) in [7, 11) is 0. The Hall–Kier alpha value is -2.43. The number of aryl methyl sites for hydroxylation is 1. The Kier molecular flexibility index (Phi) is 3.98. The lowest BCUT2D eigenvalue weighted by Gasteiger charge is -2.10. The molecule has 0 aliphatic carbocycles. The van der Waals surface area contributed by atoms with Gasteiger partial charge in [-0.05, 0) is 30.2 Å². The van der Waals surface area contributed by atoms with Gasteiger partial charge in [0.15, 0.2) is 0 Å². The molecule has 3 N–H and O–H groups in total. The van der Waals surface area contributed by atoms with Crippen molar-refractivity contribution in [1.29, 1.82) is 0 Å². The van der Waals surface area contributed by atoms with Crippen LogP contribution in [-0.4, -0.2) is 5.91 Å². The van der Waals surface area contributed by atoms with Gasteiger partial charge in [-0.1, -0.05) is 25.1 Å². The van der Waals surface area contributed by atoms with E-state index in [-0.39, 0.29) is 5.56 Å². The third-order valence-electron chi connectivity index (χ3n) is 2.99. The average molecular weight is 276 g/mol. The largest absolute Gasteiger partial charge is 0.394 e. The van der Waals surface area contributed by atoms with Crippen LogP contribution in [0.15, 0.2) is 36.4 Å². The van der Waals surface area contributed by atoms with Crippen LogP contribution in [0.25, 0.3) is 0 Å². The lowest BCUT2D eigenvalue weighted by Crippen LogP contribution is -2.14. The van der Waals surface area contributed by atoms with Crippen LogP contribution in [0.1, 0.15) is 22.8 Å². The lowest BCUT2D eigenvalue weighted by molar-refractivity contribution is 0.102. The van der Waals surface area contributed by atoms with Crippen LogP contribution < -0.4 is 11.1 Å². The van der Waals surface area contributed by atoms with Crippen molar-refractivity contribution < 1.29 is 13.6 Å². The maximum absolute atomic E-state index is 13.3. The fraction of sp³-hybridized carbons (Fsp3) is 0.133. The zero-order chi connectivity index (χ0) is 14.7. The van der Waals surface area contributed by atoms with Crippen LogP contribution in [0.2, 0.25) is 0 Å². The predicted octanol–water partition coefficient (Wildman–Crippen LogP) is 3.36. The van der Waals surface area contributed by atoms with Gasteiger partial charge >= 0.3 is 0 Å². The standard InChI is InChI=1S/C15H14F2N2O/c1-2-9-5-3-4-6-13(9)19-15(20)10-7-11(16)14(18)12(17)8-10/h3-8H,2,18H2,1H3,(H,19,20). The minimum Gasteiger partial charge on any atom is -0.394 e. The number of amides is 1. The van der Waals surface area contributed by atoms with Crippen molar-refractivity contribution in [3.8, 4) is 0 Å². The van der Waals surface area contributed by atoms with E-state index in [0.717, 1.165) is 24.1 Å². The van der Waals surface area contributed by atoms with Crippen LogP contribution in [0, 0.1) is 11.6 Å². The molecule has 0 heterocycles. The quantitative estimate of drug-likeness (QED) is 0.844. The Labute approximate surface area is 115 Å². The van der Waals surface area contributed by atoms with Gasteiger partial charge in [0.05, 0.1) is 0 Å². The molecule has 2 aromatic rings. The molecule has 20 heavy (non-hydrogen) atoms. The predicted molar refractivity (Wildman–Crippen MR) is 74.5 cm³/mol. The van der Waals surface area contributed by atoms with Gasteiger partial charge in [0.1, 0.15) is 17.3 Å². The van der Waals surface area contributed by atoms with Crippen molar-refractivity contribution in [3.05, 3.63) is 59.2 Å². The van der Waals surface area contributed by atoms with E-state index in [9.17, 15) is 13.6 Å². The van der Waals surface area contributed by atoms with Crippen molar-refractivity contribution in [1.82, 2.24) is 0 Å². The molecule has 0 aromatic heterocycles. The topological polar surface area (TPSA) is 55.1 Å². The molecule has 2 aromatic carbocycles. The number of carbonyl (C=O) groups excluding carboxylic acids is 1. The van der Waals surface area contributed by atoms with Crippen molar-refractivity contribution in [2.24, 2.45) is 0 Å². The third-order valence-corrected chi connectivity index (χ3v) is 2.99. The monoisotopic (exact) mass is 276 g/mol. The van der Waals surface area contributed by atoms with E-state index in [1.807, 2.05) is 19.1 Å². The molecule has 2 rings (SSSR count). The number of rotatable bonds is 3. The minimum absolute atomic E-state index is 0.111. The number of nitrogens with one attached hydrogen (secondary N) is 1. The van der Waals surface area contributed by atoms with Crippen molar-refractivity contribution >= 4 is 17.3 Å². The molecule has 0 unspecified atom stereocenters. The Morgan fingerprint density at radius 1 is 1.20 bits per heavy atom. The first-order valence-electron chi connectivity index (χ1n) is 6.16. The number of para-hydroxylation sites is 1. The first-order chi connectivity index (χ1) is 9.52. The molecule has 104 valence electrons. The van der Waals surface area contributed by atoms with Gasteiger partial charge in [-0.2, -0.15) is 0 Å². The second kappa shape index (κ2) is 5.69. The fourth-order valence-electron chi connectivity index (χ4n) is 1.86. The maximum Gasteiger partial charge on any atom is 0.255 e. The number of nitrogen functional groups attached to an aromatic ring is 1. The van der Waals surface area contributed by atoms with E-state index in [2.05, 4.69) is 5.32 Å². The number of hydrogen-bond acceptors (Lipinski definition) is 2. The summed E-state index contributed by atoms with van der Waals surface area (Å²) in [6.07, 6.45) is 0.737. The van der Waals surface area contributed by atoms with Crippen LogP contribution >= 0.6 is 0 Å². The van der Waals surface area contributed by atoms with E-state index >= 15 is 0 Å². The first-order valence-corrected chi connectivity index (χ1v) is 6.16. The summed E-state index contributed by atoms with van der Waals surface area (Å²) in [6, 6.07) is 9.08. The fourth-order valence-corrected chi connectivity index (χ4v) is 1.86. The van der Waals surface area contributed by atoms with E-state index in [1.54, 1.807) is 12.1 Å². The normalized spacial score (nSPS) is 10.3. The molecule has 3 nitrogen and oxygen atoms in total. The molecular weight excluding hydrogens is 262 g/mol. The molecule has 1 amide bonds. The summed E-state index contributed by atoms with van der Waals surface area (Å²) < 4.78 is 26.7. The average Bonchev–Trinajstić information content (AvgIpc) is 2.44. The number of benzene rings is 2. The zero-order valence-corrected chi connectivity index (χ0v) is 10.9. The number of halogens is 2. The molecule has 0 radical (unpaired) electrons. The van der Waals surface area contributed by atoms with Crippen molar-refractivity contribution in [2.75, 3.05) is 11.1 Å². The van der Waals surface area contributed by atoms with Crippen LogP contribution in [-0.2, 0) is 6.42 Å². The van der Waals surface area contributed by atoms with E-state index in [1.165, 1.54) is 0 Å². The van der Waals surface area contributed by atoms with Gasteiger partial charge in [-0.15, -0.1) is 0 Å². The molecule has 0 fully saturated rings. The molecule has 0 aliphatic rings. The number of anilines is 2. The highest BCUT2D eigenvalue weighted by molar-refractivity contribution is 6.04. The molecular formula is C15H14F2N2O. The zero-order valence-electron chi connectivity index (χ0n) is 10.9. The highest BCUT2D eigenvalue weighted by atomic mass is 19.1. The van der Waals surface area contributed by atoms with Crippen LogP contribution in [0.3, 0.4) is 0 Å². The maximum atomic E-state index is 13.3. The third kappa shape index (κ3) is 2.77. The van der Waals surface area contributed by atoms with Crippen molar-refractivity contribution in [2.45, 2.75) is 13.3 Å². The summed E-state index contributed by atoms with van der Waals surface area (Å²) in [5.41, 5.74) is 6.03. The molecule has 0 bridgehead atoms. The summed E-state index contributed by atoms with van der Waals surface area (Å²) in [5.74, 6) is -2.47. The summed E-state index contributed by atoms with van der Waals surface area (Å²) in [5, 5.41) is 2.64. The Morgan fingerprint density at radius 2 is 1.80 bits per heavy atom. The van der Waals surface area contributed by atoms with Gasteiger partial charge in [0.25, 0.3) is 5.91 Å². The number of hydrogen-bond donors (Lipinski definition) is 2. The second-order valence-corrected chi connectivity index (χ2v) is 4.32. The first kappa shape index (κ1) is 14.0. The van der Waals surface area contributed by atoms with Gasteiger partial charge in [-0.3, -0.25) is 4.79 Å². The highest BCUT2D eigenvalue weighted by Crippen LogP contribution is 2.20. The Bertz CT molecular complexity index is 633. The van der Waals surface area contributed by atoms with E-state index in [0.29, 0.717) is 5.69 Å². The molecule has 5 heteroatoms. The summed E-state index contributed by atoms with van der Waals surface area (Å²) in [4.78, 5) is 12.0. The molecule has 0 saturated heterocycles. The summed E-state index contributed by atoms with van der Waals surface area (Å²) >= 11 is 0. The number of nitrogens with two attached hydrogens (primary N) is 1. The minimum atomic E-state index is -0.945. The Balaban J connectivity index is 2.29. The molecule has 0 spiro atoms. The smallest absolute Gasteiger partial charge is 0.255 e. The SMILES string of the molecule is CCc1ccccc1NC(=O)c1cc(F)c(N)c(F)c1. The lowest BCUT2D eigenvalue weighted by atomic mass is 10.1. The van der Waals surface area contributed by atoms with Gasteiger partial charge in [0, 0.05) is 11.3 Å². The number of carbonyl (C=O) groups is 1. The van der Waals surface area contributed by atoms with Crippen LogP contribution in [0.4, 0.5) is 20.2 Å². The summed E-state index contributed by atoms with van der Waals surface area (Å²) in [6.45, 7) is 1.95. The molecule has 0 saturated carbocycles. The second-order valence-electron chi connectivity index (χ2n) is 4.32. The molecule has 0 atom stereocenters. The van der Waals surface area contributed by atoms with Gasteiger partial charge in [-0.25, -0.2) is 8.78 Å². The highest BCUT2D eigenvalue weighted by Gasteiger charge is 2.14. The van der Waals surface area contributed by atoms with Crippen molar-refractivity contribution in [3.63, 3.8) is 0 Å². The molecule has 0 aliphatic heterocycles. The van der Waals surface area contributed by atoms with E-state index in [4.69, 9.17) is 5.73 Å². The van der Waals surface area contributed by atoms with E-state index < -0.39 is 23.2 Å². The van der Waals surface area contributed by atoms with Crippen LogP contribution in [0.5, 0.6) is 0 Å². The van der Waals surface area contributed by atoms with Gasteiger partial charge < -0.3 is 11.1 Å².